The zero-order valence-electron chi connectivity index (χ0n) is 10.1. The van der Waals surface area contributed by atoms with Gasteiger partial charge >= 0.3 is 0 Å². The zero-order chi connectivity index (χ0) is 13.1. The maximum absolute atomic E-state index is 11.7. The summed E-state index contributed by atoms with van der Waals surface area (Å²) >= 11 is 8.96. The van der Waals surface area contributed by atoms with Crippen molar-refractivity contribution >= 4 is 56.0 Å². The molecule has 3 nitrogen and oxygen atoms in total. The molecule has 96 valence electrons. The Morgan fingerprint density at radius 3 is 3.06 bits per heavy atom. The number of hydrogen-bond donors (Lipinski definition) is 1. The predicted molar refractivity (Wildman–Crippen MR) is 80.9 cm³/mol. The van der Waals surface area contributed by atoms with Gasteiger partial charge in [-0.25, -0.2) is 4.98 Å². The number of thiazole rings is 1. The lowest BCUT2D eigenvalue weighted by Crippen LogP contribution is -2.14. The highest BCUT2D eigenvalue weighted by molar-refractivity contribution is 8.00. The van der Waals surface area contributed by atoms with Crippen LogP contribution in [0.5, 0.6) is 0 Å². The first-order chi connectivity index (χ1) is 8.54. The van der Waals surface area contributed by atoms with Gasteiger partial charge in [0.25, 0.3) is 0 Å². The molecule has 0 atom stereocenters. The van der Waals surface area contributed by atoms with Crippen molar-refractivity contribution in [2.24, 2.45) is 0 Å². The Morgan fingerprint density at radius 1 is 1.56 bits per heavy atom. The quantitative estimate of drug-likeness (QED) is 0.927. The van der Waals surface area contributed by atoms with E-state index in [0.717, 1.165) is 10.2 Å². The molecule has 0 bridgehead atoms. The Morgan fingerprint density at radius 2 is 2.33 bits per heavy atom. The van der Waals surface area contributed by atoms with Gasteiger partial charge in [-0.05, 0) is 23.4 Å². The summed E-state index contributed by atoms with van der Waals surface area (Å²) in [5, 5.41) is 4.57. The number of carbonyl (C=O) groups is 1. The molecule has 18 heavy (non-hydrogen) atoms. The molecule has 0 aliphatic carbocycles. The predicted octanol–water partition coefficient (Wildman–Crippen LogP) is 4.03. The molecule has 0 aliphatic heterocycles. The summed E-state index contributed by atoms with van der Waals surface area (Å²) in [7, 11) is 0. The third-order valence-electron chi connectivity index (χ3n) is 2.14. The van der Waals surface area contributed by atoms with Crippen LogP contribution in [0.25, 0.3) is 10.2 Å². The average molecular weight is 301 g/mol. The van der Waals surface area contributed by atoms with E-state index >= 15 is 0 Å². The lowest BCUT2D eigenvalue weighted by atomic mass is 10.3. The number of fused-ring (bicyclic) bond motifs is 1. The second-order valence-electron chi connectivity index (χ2n) is 4.04. The summed E-state index contributed by atoms with van der Waals surface area (Å²) in [5.41, 5.74) is 0.858. The maximum Gasteiger partial charge on any atom is 0.236 e. The number of carbonyl (C=O) groups excluding carboxylic acids is 1. The molecule has 2 rings (SSSR count). The van der Waals surface area contributed by atoms with Gasteiger partial charge in [0.2, 0.25) is 5.91 Å². The molecule has 0 fully saturated rings. The Balaban J connectivity index is 2.05. The number of thioether (sulfide) groups is 1. The first-order valence-electron chi connectivity index (χ1n) is 5.52. The highest BCUT2D eigenvalue weighted by Gasteiger charge is 2.08. The molecule has 1 amide bonds. The van der Waals surface area contributed by atoms with Gasteiger partial charge in [0.1, 0.15) is 0 Å². The highest BCUT2D eigenvalue weighted by Crippen LogP contribution is 2.28. The van der Waals surface area contributed by atoms with Gasteiger partial charge in [-0.3, -0.25) is 4.79 Å². The van der Waals surface area contributed by atoms with Crippen molar-refractivity contribution in [3.63, 3.8) is 0 Å². The van der Waals surface area contributed by atoms with E-state index in [1.807, 2.05) is 12.1 Å². The number of benzene rings is 1. The SMILES string of the molecule is CC(C)SCC(=O)Nc1nc2ccc(Cl)cc2s1. The summed E-state index contributed by atoms with van der Waals surface area (Å²) in [4.78, 5) is 16.0. The summed E-state index contributed by atoms with van der Waals surface area (Å²) in [6.45, 7) is 4.13. The molecule has 2 aromatic rings. The Kier molecular flexibility index (Phi) is 4.48. The molecular weight excluding hydrogens is 288 g/mol. The number of rotatable bonds is 4. The average Bonchev–Trinajstić information content (AvgIpc) is 2.67. The number of aromatic nitrogens is 1. The summed E-state index contributed by atoms with van der Waals surface area (Å²) in [6.07, 6.45) is 0. The lowest BCUT2D eigenvalue weighted by molar-refractivity contribution is -0.113. The van der Waals surface area contributed by atoms with Crippen molar-refractivity contribution in [3.8, 4) is 0 Å². The summed E-state index contributed by atoms with van der Waals surface area (Å²) < 4.78 is 0.981. The number of amides is 1. The van der Waals surface area contributed by atoms with Crippen LogP contribution in [0, 0.1) is 0 Å². The number of nitrogens with zero attached hydrogens (tertiary/aromatic N) is 1. The van der Waals surface area contributed by atoms with E-state index in [1.165, 1.54) is 11.3 Å². The normalized spacial score (nSPS) is 11.1. The molecule has 1 aromatic carbocycles. The standard InChI is InChI=1S/C12H13ClN2OS2/c1-7(2)17-6-11(16)15-12-14-9-4-3-8(13)5-10(9)18-12/h3-5,7H,6H2,1-2H3,(H,14,15,16). The topological polar surface area (TPSA) is 42.0 Å². The zero-order valence-corrected chi connectivity index (χ0v) is 12.5. The molecule has 0 unspecified atom stereocenters. The van der Waals surface area contributed by atoms with E-state index in [4.69, 9.17) is 11.6 Å². The first kappa shape index (κ1) is 13.6. The van der Waals surface area contributed by atoms with Crippen LogP contribution >= 0.6 is 34.7 Å². The molecule has 0 radical (unpaired) electrons. The second-order valence-corrected chi connectivity index (χ2v) is 7.07. The molecule has 1 aromatic heterocycles. The lowest BCUT2D eigenvalue weighted by Gasteiger charge is -2.03. The van der Waals surface area contributed by atoms with Crippen molar-refractivity contribution in [2.75, 3.05) is 11.1 Å². The van der Waals surface area contributed by atoms with Gasteiger partial charge in [-0.15, -0.1) is 11.8 Å². The van der Waals surface area contributed by atoms with Gasteiger partial charge in [0.05, 0.1) is 16.0 Å². The summed E-state index contributed by atoms with van der Waals surface area (Å²) in [6, 6.07) is 5.50. The van der Waals surface area contributed by atoms with E-state index in [0.29, 0.717) is 21.2 Å². The van der Waals surface area contributed by atoms with E-state index in [9.17, 15) is 4.79 Å². The molecule has 0 aliphatic rings. The molecular formula is C12H13ClN2OS2. The van der Waals surface area contributed by atoms with Gasteiger partial charge < -0.3 is 5.32 Å². The number of nitrogens with one attached hydrogen (secondary N) is 1. The minimum Gasteiger partial charge on any atom is -0.301 e. The van der Waals surface area contributed by atoms with Crippen LogP contribution in [0.4, 0.5) is 5.13 Å². The third kappa shape index (κ3) is 3.60. The molecule has 6 heteroatoms. The van der Waals surface area contributed by atoms with Gasteiger partial charge in [0.15, 0.2) is 5.13 Å². The molecule has 1 heterocycles. The second kappa shape index (κ2) is 5.91. The van der Waals surface area contributed by atoms with Crippen molar-refractivity contribution in [3.05, 3.63) is 23.2 Å². The van der Waals surface area contributed by atoms with Crippen LogP contribution in [0.3, 0.4) is 0 Å². The largest absolute Gasteiger partial charge is 0.301 e. The van der Waals surface area contributed by atoms with Gasteiger partial charge in [-0.1, -0.05) is 36.8 Å². The molecule has 0 spiro atoms. The number of anilines is 1. The highest BCUT2D eigenvalue weighted by atomic mass is 35.5. The maximum atomic E-state index is 11.7. The van der Waals surface area contributed by atoms with Crippen molar-refractivity contribution in [1.29, 1.82) is 0 Å². The Hall–Kier alpha value is -0.780. The Bertz CT molecular complexity index is 568. The monoisotopic (exact) mass is 300 g/mol. The molecule has 1 N–H and O–H groups in total. The third-order valence-corrected chi connectivity index (χ3v) is 4.41. The minimum atomic E-state index is -0.0150. The van der Waals surface area contributed by atoms with E-state index < -0.39 is 0 Å². The van der Waals surface area contributed by atoms with Crippen molar-refractivity contribution in [2.45, 2.75) is 19.1 Å². The fourth-order valence-corrected chi connectivity index (χ4v) is 3.06. The number of hydrogen-bond acceptors (Lipinski definition) is 4. The van der Waals surface area contributed by atoms with Crippen molar-refractivity contribution in [1.82, 2.24) is 4.98 Å². The fraction of sp³-hybridized carbons (Fsp3) is 0.333. The van der Waals surface area contributed by atoms with Crippen molar-refractivity contribution < 1.29 is 4.79 Å². The van der Waals surface area contributed by atoms with Gasteiger partial charge in [-0.2, -0.15) is 0 Å². The minimum absolute atomic E-state index is 0.0150. The van der Waals surface area contributed by atoms with Crippen LogP contribution in [0.2, 0.25) is 5.02 Å². The van der Waals surface area contributed by atoms with Crippen LogP contribution in [0.1, 0.15) is 13.8 Å². The number of halogens is 1. The van der Waals surface area contributed by atoms with E-state index in [1.54, 1.807) is 17.8 Å². The Labute approximate surface area is 119 Å². The fourth-order valence-electron chi connectivity index (χ4n) is 1.35. The first-order valence-corrected chi connectivity index (χ1v) is 7.76. The van der Waals surface area contributed by atoms with Crippen LogP contribution < -0.4 is 5.32 Å². The van der Waals surface area contributed by atoms with E-state index in [2.05, 4.69) is 24.1 Å². The smallest absolute Gasteiger partial charge is 0.236 e. The molecule has 0 saturated carbocycles. The van der Waals surface area contributed by atoms with Crippen LogP contribution in [0.15, 0.2) is 18.2 Å². The van der Waals surface area contributed by atoms with E-state index in [-0.39, 0.29) is 5.91 Å². The van der Waals surface area contributed by atoms with Gasteiger partial charge in [0, 0.05) is 5.02 Å². The van der Waals surface area contributed by atoms with Crippen LogP contribution in [-0.4, -0.2) is 21.9 Å². The molecule has 0 saturated heterocycles. The van der Waals surface area contributed by atoms with Crippen LogP contribution in [-0.2, 0) is 4.79 Å². The summed E-state index contributed by atoms with van der Waals surface area (Å²) in [5.74, 6) is 0.438.